The van der Waals surface area contributed by atoms with E-state index in [1.54, 1.807) is 0 Å². The molecule has 0 spiro atoms. The third kappa shape index (κ3) is 5.05. The van der Waals surface area contributed by atoms with Gasteiger partial charge in [-0.3, -0.25) is 4.90 Å². The fraction of sp³-hybridized carbons (Fsp3) is 1.00. The molecule has 1 heterocycles. The number of piperazine rings is 1. The first-order valence-electron chi connectivity index (χ1n) is 8.43. The Balaban J connectivity index is 1.53. The summed E-state index contributed by atoms with van der Waals surface area (Å²) in [6.45, 7) is 8.83. The molecule has 1 aliphatic carbocycles. The second-order valence-corrected chi connectivity index (χ2v) is 6.50. The van der Waals surface area contributed by atoms with E-state index < -0.39 is 0 Å². The predicted octanol–water partition coefficient (Wildman–Crippen LogP) is 2.32. The van der Waals surface area contributed by atoms with Crippen LogP contribution in [0.25, 0.3) is 0 Å². The summed E-state index contributed by atoms with van der Waals surface area (Å²) in [6.07, 6.45) is 9.91. The van der Waals surface area contributed by atoms with E-state index in [1.165, 1.54) is 77.7 Å². The molecule has 112 valence electrons. The molecule has 1 atom stereocenters. The van der Waals surface area contributed by atoms with Gasteiger partial charge in [-0.1, -0.05) is 19.3 Å². The molecule has 2 rings (SSSR count). The van der Waals surface area contributed by atoms with E-state index in [2.05, 4.69) is 29.1 Å². The molecule has 0 aromatic rings. The van der Waals surface area contributed by atoms with Crippen molar-refractivity contribution in [2.45, 2.75) is 64.0 Å². The van der Waals surface area contributed by atoms with Crippen LogP contribution in [0.2, 0.25) is 0 Å². The summed E-state index contributed by atoms with van der Waals surface area (Å²) in [7, 11) is 2.06. The lowest BCUT2D eigenvalue weighted by Crippen LogP contribution is -2.49. The Kier molecular flexibility index (Phi) is 6.62. The van der Waals surface area contributed by atoms with E-state index in [0.29, 0.717) is 6.04 Å². The lowest BCUT2D eigenvalue weighted by molar-refractivity contribution is 0.0966. The smallest absolute Gasteiger partial charge is 0.0113 e. The molecule has 0 radical (unpaired) electrons. The van der Waals surface area contributed by atoms with Crippen molar-refractivity contribution in [1.82, 2.24) is 15.1 Å². The molecule has 0 aromatic heterocycles. The number of nitrogens with one attached hydrogen (secondary N) is 1. The van der Waals surface area contributed by atoms with Gasteiger partial charge in [-0.2, -0.15) is 0 Å². The molecular weight excluding hydrogens is 234 g/mol. The average Bonchev–Trinajstić information content (AvgIpc) is 2.98. The first-order valence-corrected chi connectivity index (χ1v) is 8.43. The van der Waals surface area contributed by atoms with Gasteiger partial charge in [-0.15, -0.1) is 0 Å². The lowest BCUT2D eigenvalue weighted by atomic mass is 10.1. The van der Waals surface area contributed by atoms with Crippen LogP contribution in [0.5, 0.6) is 0 Å². The molecular formula is C16H33N3. The van der Waals surface area contributed by atoms with Crippen LogP contribution in [0, 0.1) is 0 Å². The summed E-state index contributed by atoms with van der Waals surface area (Å²) >= 11 is 0. The Morgan fingerprint density at radius 3 is 2.37 bits per heavy atom. The molecule has 1 unspecified atom stereocenters. The molecule has 19 heavy (non-hydrogen) atoms. The molecule has 0 amide bonds. The fourth-order valence-electron chi connectivity index (χ4n) is 3.55. The summed E-state index contributed by atoms with van der Waals surface area (Å²) in [6, 6.07) is 1.61. The van der Waals surface area contributed by atoms with Gasteiger partial charge in [0.05, 0.1) is 0 Å². The molecule has 1 saturated heterocycles. The molecule has 3 heteroatoms. The van der Waals surface area contributed by atoms with E-state index in [4.69, 9.17) is 0 Å². The van der Waals surface area contributed by atoms with Crippen LogP contribution in [-0.2, 0) is 0 Å². The van der Waals surface area contributed by atoms with Crippen LogP contribution in [0.4, 0.5) is 0 Å². The van der Waals surface area contributed by atoms with Gasteiger partial charge in [0.1, 0.15) is 0 Å². The number of rotatable bonds is 7. The van der Waals surface area contributed by atoms with Gasteiger partial charge in [-0.05, 0) is 46.2 Å². The van der Waals surface area contributed by atoms with Crippen LogP contribution >= 0.6 is 0 Å². The highest BCUT2D eigenvalue weighted by molar-refractivity contribution is 4.81. The van der Waals surface area contributed by atoms with Crippen molar-refractivity contribution in [1.29, 1.82) is 0 Å². The second kappa shape index (κ2) is 8.23. The van der Waals surface area contributed by atoms with Gasteiger partial charge in [0.2, 0.25) is 0 Å². The van der Waals surface area contributed by atoms with Crippen LogP contribution < -0.4 is 5.32 Å². The van der Waals surface area contributed by atoms with Gasteiger partial charge < -0.3 is 10.2 Å². The molecule has 1 saturated carbocycles. The largest absolute Gasteiger partial charge is 0.317 e. The standard InChI is InChI=1S/C16H33N3/c1-15(17-2)7-5-6-10-18-11-13-19(14-12-18)16-8-3-4-9-16/h15-17H,3-14H2,1-2H3. The van der Waals surface area contributed by atoms with E-state index in [0.717, 1.165) is 6.04 Å². The highest BCUT2D eigenvalue weighted by Crippen LogP contribution is 2.24. The molecule has 0 aromatic carbocycles. The van der Waals surface area contributed by atoms with Crippen LogP contribution in [0.15, 0.2) is 0 Å². The van der Waals surface area contributed by atoms with Crippen molar-refractivity contribution in [2.24, 2.45) is 0 Å². The van der Waals surface area contributed by atoms with Crippen molar-refractivity contribution in [3.8, 4) is 0 Å². The Morgan fingerprint density at radius 2 is 1.74 bits per heavy atom. The maximum Gasteiger partial charge on any atom is 0.0113 e. The van der Waals surface area contributed by atoms with Crippen molar-refractivity contribution in [2.75, 3.05) is 39.8 Å². The van der Waals surface area contributed by atoms with Crippen molar-refractivity contribution >= 4 is 0 Å². The maximum atomic E-state index is 3.32. The highest BCUT2D eigenvalue weighted by Gasteiger charge is 2.25. The second-order valence-electron chi connectivity index (χ2n) is 6.50. The average molecular weight is 267 g/mol. The van der Waals surface area contributed by atoms with Crippen LogP contribution in [0.1, 0.15) is 51.9 Å². The Morgan fingerprint density at radius 1 is 1.05 bits per heavy atom. The summed E-state index contributed by atoms with van der Waals surface area (Å²) < 4.78 is 0. The minimum Gasteiger partial charge on any atom is -0.317 e. The molecule has 0 bridgehead atoms. The maximum absolute atomic E-state index is 3.32. The topological polar surface area (TPSA) is 18.5 Å². The van der Waals surface area contributed by atoms with E-state index in [1.807, 2.05) is 0 Å². The van der Waals surface area contributed by atoms with Crippen molar-refractivity contribution in [3.63, 3.8) is 0 Å². The zero-order valence-corrected chi connectivity index (χ0v) is 13.0. The predicted molar refractivity (Wildman–Crippen MR) is 82.6 cm³/mol. The van der Waals surface area contributed by atoms with Gasteiger partial charge in [0, 0.05) is 38.3 Å². The lowest BCUT2D eigenvalue weighted by Gasteiger charge is -2.38. The van der Waals surface area contributed by atoms with Crippen LogP contribution in [0.3, 0.4) is 0 Å². The van der Waals surface area contributed by atoms with Gasteiger partial charge in [0.25, 0.3) is 0 Å². The third-order valence-electron chi connectivity index (χ3n) is 5.10. The minimum absolute atomic E-state index is 0.680. The molecule has 1 aliphatic heterocycles. The number of unbranched alkanes of at least 4 members (excludes halogenated alkanes) is 1. The first kappa shape index (κ1) is 15.3. The van der Waals surface area contributed by atoms with E-state index >= 15 is 0 Å². The van der Waals surface area contributed by atoms with Gasteiger partial charge in [0.15, 0.2) is 0 Å². The monoisotopic (exact) mass is 267 g/mol. The fourth-order valence-corrected chi connectivity index (χ4v) is 3.55. The summed E-state index contributed by atoms with van der Waals surface area (Å²) in [5.74, 6) is 0. The number of nitrogens with zero attached hydrogens (tertiary/aromatic N) is 2. The van der Waals surface area contributed by atoms with E-state index in [-0.39, 0.29) is 0 Å². The Hall–Kier alpha value is -0.120. The first-order chi connectivity index (χ1) is 9.29. The highest BCUT2D eigenvalue weighted by atomic mass is 15.3. The van der Waals surface area contributed by atoms with Crippen LogP contribution in [-0.4, -0.2) is 61.7 Å². The van der Waals surface area contributed by atoms with Crippen molar-refractivity contribution in [3.05, 3.63) is 0 Å². The number of hydrogen-bond acceptors (Lipinski definition) is 3. The van der Waals surface area contributed by atoms with E-state index in [9.17, 15) is 0 Å². The molecule has 2 fully saturated rings. The normalized spacial score (nSPS) is 24.9. The van der Waals surface area contributed by atoms with Gasteiger partial charge >= 0.3 is 0 Å². The zero-order chi connectivity index (χ0) is 13.5. The minimum atomic E-state index is 0.680. The summed E-state index contributed by atoms with van der Waals surface area (Å²) in [5.41, 5.74) is 0. The SMILES string of the molecule is CNC(C)CCCCN1CCN(C2CCCC2)CC1. The van der Waals surface area contributed by atoms with Crippen molar-refractivity contribution < 1.29 is 0 Å². The molecule has 2 aliphatic rings. The third-order valence-corrected chi connectivity index (χ3v) is 5.10. The molecule has 1 N–H and O–H groups in total. The Bertz CT molecular complexity index is 230. The summed E-state index contributed by atoms with van der Waals surface area (Å²) in [5, 5.41) is 3.32. The summed E-state index contributed by atoms with van der Waals surface area (Å²) in [4.78, 5) is 5.43. The zero-order valence-electron chi connectivity index (χ0n) is 13.0. The van der Waals surface area contributed by atoms with Gasteiger partial charge in [-0.25, -0.2) is 0 Å². The number of hydrogen-bond donors (Lipinski definition) is 1. The molecule has 3 nitrogen and oxygen atoms in total. The quantitative estimate of drug-likeness (QED) is 0.714. The Labute approximate surface area is 119 Å².